The maximum absolute atomic E-state index is 12.2. The molecule has 2 N–H and O–H groups in total. The fourth-order valence-electron chi connectivity index (χ4n) is 2.53. The summed E-state index contributed by atoms with van der Waals surface area (Å²) in [5.41, 5.74) is 0.961. The Hall–Kier alpha value is -1.56. The summed E-state index contributed by atoms with van der Waals surface area (Å²) in [4.78, 5) is 25.0. The van der Waals surface area contributed by atoms with Crippen molar-refractivity contribution in [1.29, 1.82) is 0 Å². The van der Waals surface area contributed by atoms with Gasteiger partial charge in [0.05, 0.1) is 0 Å². The molecule has 0 radical (unpaired) electrons. The molecule has 1 aliphatic heterocycles. The number of carboxylic acid groups (broad SMARTS) is 1. The predicted molar refractivity (Wildman–Crippen MR) is 82.9 cm³/mol. The molecule has 114 valence electrons. The van der Waals surface area contributed by atoms with Crippen LogP contribution in [0.25, 0.3) is 0 Å². The number of likely N-dealkylation sites (tertiary alicyclic amines) is 1. The average Bonchev–Trinajstić information content (AvgIpc) is 2.46. The number of hydrogen-bond donors (Lipinski definition) is 2. The number of carboxylic acids is 1. The third-order valence-electron chi connectivity index (χ3n) is 3.80. The summed E-state index contributed by atoms with van der Waals surface area (Å²) in [5, 5.41) is 12.1. The summed E-state index contributed by atoms with van der Waals surface area (Å²) in [5.74, 6) is -0.601. The Kier molecular flexibility index (Phi) is 5.22. The summed E-state index contributed by atoms with van der Waals surface area (Å²) in [6.07, 6.45) is 1.35. The van der Waals surface area contributed by atoms with Crippen LogP contribution in [0, 0.1) is 5.92 Å². The SMILES string of the molecule is CC1CCN(C(=O)NCc2ccccc2Br)C(C(=O)O)C1. The largest absolute Gasteiger partial charge is 0.480 e. The van der Waals surface area contributed by atoms with E-state index in [2.05, 4.69) is 21.2 Å². The molecule has 21 heavy (non-hydrogen) atoms. The number of nitrogens with one attached hydrogen (secondary N) is 1. The van der Waals surface area contributed by atoms with Gasteiger partial charge in [0.2, 0.25) is 0 Å². The molecule has 2 amide bonds. The molecule has 0 bridgehead atoms. The van der Waals surface area contributed by atoms with Gasteiger partial charge in [-0.1, -0.05) is 41.1 Å². The first kappa shape index (κ1) is 15.8. The number of hydrogen-bond acceptors (Lipinski definition) is 2. The van der Waals surface area contributed by atoms with Crippen LogP contribution in [0.15, 0.2) is 28.7 Å². The molecular formula is C15H19BrN2O3. The lowest BCUT2D eigenvalue weighted by molar-refractivity contribution is -0.143. The van der Waals surface area contributed by atoms with Crippen molar-refractivity contribution < 1.29 is 14.7 Å². The molecule has 2 rings (SSSR count). The lowest BCUT2D eigenvalue weighted by atomic mass is 9.93. The molecule has 0 aromatic heterocycles. The molecule has 1 heterocycles. The maximum Gasteiger partial charge on any atom is 0.326 e. The van der Waals surface area contributed by atoms with Crippen LogP contribution >= 0.6 is 15.9 Å². The van der Waals surface area contributed by atoms with Crippen LogP contribution in [0.3, 0.4) is 0 Å². The lowest BCUT2D eigenvalue weighted by Gasteiger charge is -2.35. The van der Waals surface area contributed by atoms with Crippen molar-refractivity contribution in [2.24, 2.45) is 5.92 Å². The van der Waals surface area contributed by atoms with Gasteiger partial charge in [-0.25, -0.2) is 9.59 Å². The number of amides is 2. The number of nitrogens with zero attached hydrogens (tertiary/aromatic N) is 1. The molecule has 6 heteroatoms. The van der Waals surface area contributed by atoms with Crippen molar-refractivity contribution in [3.8, 4) is 0 Å². The minimum Gasteiger partial charge on any atom is -0.480 e. The third kappa shape index (κ3) is 3.97. The predicted octanol–water partition coefficient (Wildman–Crippen LogP) is 2.84. The van der Waals surface area contributed by atoms with E-state index < -0.39 is 12.0 Å². The van der Waals surface area contributed by atoms with Gasteiger partial charge >= 0.3 is 12.0 Å². The average molecular weight is 355 g/mol. The second-order valence-corrected chi connectivity index (χ2v) is 6.28. The molecule has 0 aliphatic carbocycles. The number of halogens is 1. The molecule has 1 saturated heterocycles. The standard InChI is InChI=1S/C15H19BrN2O3/c1-10-6-7-18(13(8-10)14(19)20)15(21)17-9-11-4-2-3-5-12(11)16/h2-5,10,13H,6-9H2,1H3,(H,17,21)(H,19,20). The zero-order chi connectivity index (χ0) is 15.4. The zero-order valence-corrected chi connectivity index (χ0v) is 13.5. The molecule has 0 saturated carbocycles. The summed E-state index contributed by atoms with van der Waals surface area (Å²) in [6, 6.07) is 6.58. The highest BCUT2D eigenvalue weighted by Gasteiger charge is 2.34. The third-order valence-corrected chi connectivity index (χ3v) is 4.57. The van der Waals surface area contributed by atoms with Gasteiger partial charge < -0.3 is 15.3 Å². The smallest absolute Gasteiger partial charge is 0.326 e. The first-order valence-electron chi connectivity index (χ1n) is 6.99. The van der Waals surface area contributed by atoms with E-state index in [9.17, 15) is 14.7 Å². The molecule has 1 aromatic carbocycles. The van der Waals surface area contributed by atoms with Gasteiger partial charge in [-0.15, -0.1) is 0 Å². The first-order valence-corrected chi connectivity index (χ1v) is 7.79. The molecule has 1 aromatic rings. The van der Waals surface area contributed by atoms with Gasteiger partial charge in [-0.2, -0.15) is 0 Å². The summed E-state index contributed by atoms with van der Waals surface area (Å²) < 4.78 is 0.923. The number of carbonyl (C=O) groups excluding carboxylic acids is 1. The molecule has 5 nitrogen and oxygen atoms in total. The van der Waals surface area contributed by atoms with Crippen LogP contribution in [0.4, 0.5) is 4.79 Å². The molecule has 1 fully saturated rings. The van der Waals surface area contributed by atoms with Crippen molar-refractivity contribution in [3.05, 3.63) is 34.3 Å². The Morgan fingerprint density at radius 1 is 1.43 bits per heavy atom. The van der Waals surface area contributed by atoms with Crippen molar-refractivity contribution in [1.82, 2.24) is 10.2 Å². The van der Waals surface area contributed by atoms with E-state index in [1.807, 2.05) is 31.2 Å². The Labute approximate surface area is 132 Å². The van der Waals surface area contributed by atoms with E-state index in [4.69, 9.17) is 0 Å². The van der Waals surface area contributed by atoms with Gasteiger partial charge in [0.1, 0.15) is 6.04 Å². The van der Waals surface area contributed by atoms with E-state index in [1.54, 1.807) is 0 Å². The molecule has 2 unspecified atom stereocenters. The van der Waals surface area contributed by atoms with Crippen molar-refractivity contribution in [2.75, 3.05) is 6.54 Å². The van der Waals surface area contributed by atoms with Crippen LogP contribution in [-0.2, 0) is 11.3 Å². The van der Waals surface area contributed by atoms with Crippen molar-refractivity contribution in [2.45, 2.75) is 32.4 Å². The monoisotopic (exact) mass is 354 g/mol. The fourth-order valence-corrected chi connectivity index (χ4v) is 2.96. The Bertz CT molecular complexity index is 535. The van der Waals surface area contributed by atoms with Crippen LogP contribution in [0.1, 0.15) is 25.3 Å². The highest BCUT2D eigenvalue weighted by molar-refractivity contribution is 9.10. The van der Waals surface area contributed by atoms with Crippen molar-refractivity contribution >= 4 is 27.9 Å². The Balaban J connectivity index is 1.99. The molecule has 2 atom stereocenters. The van der Waals surface area contributed by atoms with Gasteiger partial charge in [0.15, 0.2) is 0 Å². The maximum atomic E-state index is 12.2. The summed E-state index contributed by atoms with van der Waals surface area (Å²) in [6.45, 7) is 2.88. The van der Waals surface area contributed by atoms with Gasteiger partial charge in [-0.05, 0) is 30.4 Å². The number of urea groups is 1. The fraction of sp³-hybridized carbons (Fsp3) is 0.467. The van der Waals surface area contributed by atoms with E-state index in [0.29, 0.717) is 25.4 Å². The van der Waals surface area contributed by atoms with Crippen LogP contribution in [0.5, 0.6) is 0 Å². The van der Waals surface area contributed by atoms with Crippen LogP contribution in [0.2, 0.25) is 0 Å². The molecule has 1 aliphatic rings. The van der Waals surface area contributed by atoms with Crippen LogP contribution < -0.4 is 5.32 Å². The normalized spacial score (nSPS) is 21.9. The van der Waals surface area contributed by atoms with Crippen LogP contribution in [-0.4, -0.2) is 34.6 Å². The number of piperidine rings is 1. The zero-order valence-electron chi connectivity index (χ0n) is 11.9. The van der Waals surface area contributed by atoms with E-state index in [1.165, 1.54) is 4.90 Å². The Morgan fingerprint density at radius 2 is 2.14 bits per heavy atom. The lowest BCUT2D eigenvalue weighted by Crippen LogP contribution is -2.53. The summed E-state index contributed by atoms with van der Waals surface area (Å²) >= 11 is 3.43. The second kappa shape index (κ2) is 6.93. The van der Waals surface area contributed by atoms with E-state index in [-0.39, 0.29) is 6.03 Å². The number of carbonyl (C=O) groups is 2. The number of aliphatic carboxylic acids is 1. The highest BCUT2D eigenvalue weighted by Crippen LogP contribution is 2.23. The quantitative estimate of drug-likeness (QED) is 0.876. The molecular weight excluding hydrogens is 336 g/mol. The molecule has 0 spiro atoms. The Morgan fingerprint density at radius 3 is 2.81 bits per heavy atom. The number of benzene rings is 1. The van der Waals surface area contributed by atoms with E-state index in [0.717, 1.165) is 16.5 Å². The first-order chi connectivity index (χ1) is 9.99. The highest BCUT2D eigenvalue weighted by atomic mass is 79.9. The van der Waals surface area contributed by atoms with Gasteiger partial charge in [0.25, 0.3) is 0 Å². The minimum atomic E-state index is -0.933. The second-order valence-electron chi connectivity index (χ2n) is 5.43. The van der Waals surface area contributed by atoms with Gasteiger partial charge in [-0.3, -0.25) is 0 Å². The number of rotatable bonds is 3. The minimum absolute atomic E-state index is 0.315. The summed E-state index contributed by atoms with van der Waals surface area (Å²) in [7, 11) is 0. The van der Waals surface area contributed by atoms with E-state index >= 15 is 0 Å². The van der Waals surface area contributed by atoms with Crippen molar-refractivity contribution in [3.63, 3.8) is 0 Å². The van der Waals surface area contributed by atoms with Gasteiger partial charge in [0, 0.05) is 17.6 Å². The topological polar surface area (TPSA) is 69.6 Å².